The van der Waals surface area contributed by atoms with Gasteiger partial charge in [-0.3, -0.25) is 4.90 Å². The van der Waals surface area contributed by atoms with Crippen LogP contribution in [0.2, 0.25) is 0 Å². The number of nitrogens with one attached hydrogen (secondary N) is 1. The van der Waals surface area contributed by atoms with Crippen LogP contribution in [0, 0.1) is 5.92 Å². The van der Waals surface area contributed by atoms with Crippen molar-refractivity contribution in [1.29, 1.82) is 0 Å². The number of piperidine rings is 1. The number of hydrogen-bond donors (Lipinski definition) is 1. The molecule has 0 bridgehead atoms. The minimum Gasteiger partial charge on any atom is -0.314 e. The summed E-state index contributed by atoms with van der Waals surface area (Å²) in [6.45, 7) is 4.94. The van der Waals surface area contributed by atoms with E-state index in [1.807, 2.05) is 0 Å². The lowest BCUT2D eigenvalue weighted by atomic mass is 9.94. The average molecular weight is 258 g/mol. The van der Waals surface area contributed by atoms with E-state index in [0.29, 0.717) is 0 Å². The van der Waals surface area contributed by atoms with E-state index < -0.39 is 0 Å². The minimum atomic E-state index is 0.865. The fourth-order valence-corrected chi connectivity index (χ4v) is 3.15. The topological polar surface area (TPSA) is 15.3 Å². The van der Waals surface area contributed by atoms with Gasteiger partial charge in [0.1, 0.15) is 0 Å². The smallest absolute Gasteiger partial charge is 0.0233 e. The zero-order valence-electron chi connectivity index (χ0n) is 11.9. The van der Waals surface area contributed by atoms with Crippen molar-refractivity contribution in [1.82, 2.24) is 10.2 Å². The van der Waals surface area contributed by atoms with Gasteiger partial charge in [-0.05, 0) is 56.7 Å². The van der Waals surface area contributed by atoms with Gasteiger partial charge in [-0.2, -0.15) is 0 Å². The van der Waals surface area contributed by atoms with Crippen LogP contribution in [0.15, 0.2) is 30.3 Å². The van der Waals surface area contributed by atoms with E-state index in [-0.39, 0.29) is 0 Å². The summed E-state index contributed by atoms with van der Waals surface area (Å²) in [6.07, 6.45) is 6.98. The first-order valence-electron chi connectivity index (χ1n) is 7.90. The molecule has 1 aromatic rings. The molecule has 2 nitrogen and oxygen atoms in total. The van der Waals surface area contributed by atoms with Crippen LogP contribution in [0.4, 0.5) is 0 Å². The molecule has 2 fully saturated rings. The third-order valence-electron chi connectivity index (χ3n) is 4.42. The van der Waals surface area contributed by atoms with E-state index in [1.54, 1.807) is 0 Å². The second-order valence-electron chi connectivity index (χ2n) is 6.25. The van der Waals surface area contributed by atoms with Crippen molar-refractivity contribution >= 4 is 0 Å². The third kappa shape index (κ3) is 4.32. The molecule has 3 rings (SSSR count). The molecule has 1 N–H and O–H groups in total. The van der Waals surface area contributed by atoms with Gasteiger partial charge >= 0.3 is 0 Å². The van der Waals surface area contributed by atoms with Gasteiger partial charge < -0.3 is 5.32 Å². The molecule has 1 saturated carbocycles. The number of likely N-dealkylation sites (tertiary alicyclic amines) is 1. The van der Waals surface area contributed by atoms with Crippen LogP contribution in [0.25, 0.3) is 0 Å². The first-order valence-corrected chi connectivity index (χ1v) is 7.90. The Morgan fingerprint density at radius 3 is 2.74 bits per heavy atom. The lowest BCUT2D eigenvalue weighted by molar-refractivity contribution is 0.161. The predicted molar refractivity (Wildman–Crippen MR) is 80.1 cm³/mol. The van der Waals surface area contributed by atoms with Gasteiger partial charge in [0.15, 0.2) is 0 Å². The van der Waals surface area contributed by atoms with Crippen LogP contribution in [-0.4, -0.2) is 30.6 Å². The Labute approximate surface area is 117 Å². The molecule has 104 valence electrons. The summed E-state index contributed by atoms with van der Waals surface area (Å²) < 4.78 is 0. The number of hydrogen-bond acceptors (Lipinski definition) is 2. The van der Waals surface area contributed by atoms with E-state index in [4.69, 9.17) is 0 Å². The summed E-state index contributed by atoms with van der Waals surface area (Å²) >= 11 is 0. The van der Waals surface area contributed by atoms with Crippen LogP contribution in [0.1, 0.15) is 37.7 Å². The van der Waals surface area contributed by atoms with Gasteiger partial charge in [-0.25, -0.2) is 0 Å². The molecular formula is C17H26N2. The van der Waals surface area contributed by atoms with Crippen LogP contribution in [0.3, 0.4) is 0 Å². The molecule has 2 aliphatic rings. The number of nitrogens with zero attached hydrogens (tertiary/aromatic N) is 1. The summed E-state index contributed by atoms with van der Waals surface area (Å²) in [5, 5.41) is 3.65. The Morgan fingerprint density at radius 1 is 1.11 bits per heavy atom. The van der Waals surface area contributed by atoms with Crippen molar-refractivity contribution in [3.8, 4) is 0 Å². The Morgan fingerprint density at radius 2 is 1.95 bits per heavy atom. The summed E-state index contributed by atoms with van der Waals surface area (Å²) in [6, 6.07) is 11.8. The maximum atomic E-state index is 3.65. The zero-order valence-corrected chi connectivity index (χ0v) is 11.9. The highest BCUT2D eigenvalue weighted by molar-refractivity contribution is 5.14. The molecular weight excluding hydrogens is 232 g/mol. The number of rotatable bonds is 6. The summed E-state index contributed by atoms with van der Waals surface area (Å²) in [5.41, 5.74) is 1.46. The van der Waals surface area contributed by atoms with Crippen molar-refractivity contribution in [3.63, 3.8) is 0 Å². The predicted octanol–water partition coefficient (Wildman–Crippen LogP) is 3.04. The molecule has 1 heterocycles. The molecule has 0 radical (unpaired) electrons. The zero-order chi connectivity index (χ0) is 12.9. The van der Waals surface area contributed by atoms with E-state index in [1.165, 1.54) is 57.3 Å². The van der Waals surface area contributed by atoms with E-state index in [0.717, 1.165) is 18.5 Å². The fraction of sp³-hybridized carbons (Fsp3) is 0.647. The molecule has 1 atom stereocenters. The van der Waals surface area contributed by atoms with Gasteiger partial charge in [-0.1, -0.05) is 30.3 Å². The van der Waals surface area contributed by atoms with Crippen molar-refractivity contribution < 1.29 is 0 Å². The molecule has 1 saturated heterocycles. The second kappa shape index (κ2) is 6.53. The Balaban J connectivity index is 1.42. The molecule has 0 spiro atoms. The third-order valence-corrected chi connectivity index (χ3v) is 4.42. The van der Waals surface area contributed by atoms with E-state index in [9.17, 15) is 0 Å². The standard InChI is InChI=1S/C17H26N2/c1-2-5-15(6-3-1)13-19-12-4-7-16(14-19)10-11-18-17-8-9-17/h1-3,5-6,16-18H,4,7-14H2. The van der Waals surface area contributed by atoms with Gasteiger partial charge in [-0.15, -0.1) is 0 Å². The van der Waals surface area contributed by atoms with E-state index >= 15 is 0 Å². The lowest BCUT2D eigenvalue weighted by Crippen LogP contribution is -2.36. The maximum Gasteiger partial charge on any atom is 0.0233 e. The van der Waals surface area contributed by atoms with Crippen molar-refractivity contribution in [2.45, 2.75) is 44.7 Å². The van der Waals surface area contributed by atoms with Gasteiger partial charge in [0.25, 0.3) is 0 Å². The first kappa shape index (κ1) is 13.1. The number of benzene rings is 1. The van der Waals surface area contributed by atoms with Crippen LogP contribution in [-0.2, 0) is 6.54 Å². The molecule has 0 aromatic heterocycles. The molecule has 0 amide bonds. The molecule has 2 heteroatoms. The Kier molecular flexibility index (Phi) is 4.52. The lowest BCUT2D eigenvalue weighted by Gasteiger charge is -2.32. The highest BCUT2D eigenvalue weighted by Gasteiger charge is 2.22. The Hall–Kier alpha value is -0.860. The van der Waals surface area contributed by atoms with Gasteiger partial charge in [0.05, 0.1) is 0 Å². The summed E-state index contributed by atoms with van der Waals surface area (Å²) in [5.74, 6) is 0.906. The van der Waals surface area contributed by atoms with Crippen LogP contribution >= 0.6 is 0 Å². The average Bonchev–Trinajstić information content (AvgIpc) is 3.25. The summed E-state index contributed by atoms with van der Waals surface area (Å²) in [4.78, 5) is 2.64. The quantitative estimate of drug-likeness (QED) is 0.843. The summed E-state index contributed by atoms with van der Waals surface area (Å²) in [7, 11) is 0. The SMILES string of the molecule is c1ccc(CN2CCCC(CCNC3CC3)C2)cc1. The van der Waals surface area contributed by atoms with Crippen LogP contribution < -0.4 is 5.32 Å². The Bertz CT molecular complexity index is 372. The molecule has 19 heavy (non-hydrogen) atoms. The normalized spacial score (nSPS) is 24.5. The highest BCUT2D eigenvalue weighted by atomic mass is 15.1. The second-order valence-corrected chi connectivity index (χ2v) is 6.25. The van der Waals surface area contributed by atoms with Crippen LogP contribution in [0.5, 0.6) is 0 Å². The molecule has 1 unspecified atom stereocenters. The molecule has 1 aliphatic heterocycles. The first-order chi connectivity index (χ1) is 9.40. The van der Waals surface area contributed by atoms with Crippen molar-refractivity contribution in [2.75, 3.05) is 19.6 Å². The van der Waals surface area contributed by atoms with Crippen molar-refractivity contribution in [3.05, 3.63) is 35.9 Å². The van der Waals surface area contributed by atoms with Gasteiger partial charge in [0, 0.05) is 19.1 Å². The highest BCUT2D eigenvalue weighted by Crippen LogP contribution is 2.22. The maximum absolute atomic E-state index is 3.65. The van der Waals surface area contributed by atoms with Crippen molar-refractivity contribution in [2.24, 2.45) is 5.92 Å². The van der Waals surface area contributed by atoms with E-state index in [2.05, 4.69) is 40.5 Å². The largest absolute Gasteiger partial charge is 0.314 e. The minimum absolute atomic E-state index is 0.865. The fourth-order valence-electron chi connectivity index (χ4n) is 3.15. The molecule has 1 aromatic carbocycles. The molecule has 1 aliphatic carbocycles. The monoisotopic (exact) mass is 258 g/mol. The van der Waals surface area contributed by atoms with Gasteiger partial charge in [0.2, 0.25) is 0 Å².